The third-order valence-corrected chi connectivity index (χ3v) is 4.90. The first-order chi connectivity index (χ1) is 13.6. The highest BCUT2D eigenvalue weighted by Gasteiger charge is 2.39. The third-order valence-electron chi connectivity index (χ3n) is 4.90. The monoisotopic (exact) mass is 375 g/mol. The van der Waals surface area contributed by atoms with E-state index in [2.05, 4.69) is 27.6 Å². The molecule has 7 nitrogen and oxygen atoms in total. The van der Waals surface area contributed by atoms with Crippen LogP contribution in [0.4, 0.5) is 11.4 Å². The van der Waals surface area contributed by atoms with Crippen molar-refractivity contribution in [3.8, 4) is 0 Å². The van der Waals surface area contributed by atoms with Gasteiger partial charge >= 0.3 is 0 Å². The first kappa shape index (κ1) is 17.9. The lowest BCUT2D eigenvalue weighted by molar-refractivity contribution is -0.117. The molecule has 4 rings (SSSR count). The molecule has 28 heavy (non-hydrogen) atoms. The number of carbonyl (C=O) groups excluding carboxylic acids is 2. The molecular formula is C21H21N5O2. The van der Waals surface area contributed by atoms with Crippen molar-refractivity contribution in [3.05, 3.63) is 72.3 Å². The van der Waals surface area contributed by atoms with Gasteiger partial charge in [-0.2, -0.15) is 5.10 Å². The third kappa shape index (κ3) is 4.09. The van der Waals surface area contributed by atoms with Crippen LogP contribution < -0.4 is 10.6 Å². The molecule has 3 aromatic rings. The van der Waals surface area contributed by atoms with Crippen molar-refractivity contribution in [1.29, 1.82) is 0 Å². The summed E-state index contributed by atoms with van der Waals surface area (Å²) in [5.74, 6) is 0.305. The average Bonchev–Trinajstić information content (AvgIpc) is 3.21. The van der Waals surface area contributed by atoms with Gasteiger partial charge in [-0.25, -0.2) is 9.67 Å². The van der Waals surface area contributed by atoms with Crippen LogP contribution in [0, 0.1) is 11.8 Å². The minimum atomic E-state index is -0.234. The molecule has 0 saturated heterocycles. The van der Waals surface area contributed by atoms with Crippen LogP contribution in [0.15, 0.2) is 61.2 Å². The van der Waals surface area contributed by atoms with Crippen molar-refractivity contribution < 1.29 is 9.59 Å². The molecule has 0 spiro atoms. The highest BCUT2D eigenvalue weighted by molar-refractivity contribution is 6.05. The van der Waals surface area contributed by atoms with E-state index in [0.717, 1.165) is 12.0 Å². The van der Waals surface area contributed by atoms with E-state index in [0.29, 0.717) is 29.4 Å². The molecule has 1 aliphatic rings. The van der Waals surface area contributed by atoms with Gasteiger partial charge in [-0.1, -0.05) is 31.2 Å². The second kappa shape index (κ2) is 7.64. The summed E-state index contributed by atoms with van der Waals surface area (Å²) < 4.78 is 1.69. The lowest BCUT2D eigenvalue weighted by Gasteiger charge is -2.12. The largest absolute Gasteiger partial charge is 0.326 e. The first-order valence-corrected chi connectivity index (χ1v) is 9.23. The Labute approximate surface area is 162 Å². The molecular weight excluding hydrogens is 354 g/mol. The number of para-hydroxylation sites is 1. The van der Waals surface area contributed by atoms with Gasteiger partial charge in [0, 0.05) is 22.9 Å². The topological polar surface area (TPSA) is 88.9 Å². The fourth-order valence-corrected chi connectivity index (χ4v) is 3.12. The van der Waals surface area contributed by atoms with E-state index >= 15 is 0 Å². The van der Waals surface area contributed by atoms with Crippen molar-refractivity contribution in [2.45, 2.75) is 19.9 Å². The average molecular weight is 375 g/mol. The predicted molar refractivity (Wildman–Crippen MR) is 106 cm³/mol. The molecule has 1 aromatic heterocycles. The van der Waals surface area contributed by atoms with Gasteiger partial charge in [-0.05, 0) is 42.2 Å². The molecule has 142 valence electrons. The van der Waals surface area contributed by atoms with Gasteiger partial charge in [0.1, 0.15) is 12.7 Å². The summed E-state index contributed by atoms with van der Waals surface area (Å²) in [4.78, 5) is 28.8. The molecule has 2 amide bonds. The number of carbonyl (C=O) groups is 2. The highest BCUT2D eigenvalue weighted by Crippen LogP contribution is 2.38. The van der Waals surface area contributed by atoms with Gasteiger partial charge in [0.25, 0.3) is 5.91 Å². The standard InChI is InChI=1S/C21H21N5O2/c1-14-9-18(14)21(28)24-17-7-4-6-15(10-17)20(27)25-19-8-3-2-5-16(19)11-26-13-22-12-23-26/h2-8,10,12-14,18H,9,11H2,1H3,(H,24,28)(H,25,27). The summed E-state index contributed by atoms with van der Waals surface area (Å²) in [6, 6.07) is 14.5. The second-order valence-corrected chi connectivity index (χ2v) is 7.09. The number of anilines is 2. The maximum absolute atomic E-state index is 12.7. The Morgan fingerprint density at radius 1 is 1.14 bits per heavy atom. The number of hydrogen-bond acceptors (Lipinski definition) is 4. The van der Waals surface area contributed by atoms with E-state index in [-0.39, 0.29) is 17.7 Å². The van der Waals surface area contributed by atoms with Crippen LogP contribution >= 0.6 is 0 Å². The van der Waals surface area contributed by atoms with Crippen molar-refractivity contribution >= 4 is 23.2 Å². The Balaban J connectivity index is 1.47. The molecule has 2 unspecified atom stereocenters. The Hall–Kier alpha value is -3.48. The fourth-order valence-electron chi connectivity index (χ4n) is 3.12. The molecule has 2 atom stereocenters. The van der Waals surface area contributed by atoms with Gasteiger partial charge in [0.15, 0.2) is 0 Å². The first-order valence-electron chi connectivity index (χ1n) is 9.23. The highest BCUT2D eigenvalue weighted by atomic mass is 16.2. The molecule has 1 fully saturated rings. The minimum absolute atomic E-state index is 0.0169. The SMILES string of the molecule is CC1CC1C(=O)Nc1cccc(C(=O)Nc2ccccc2Cn2cncn2)c1. The van der Waals surface area contributed by atoms with Gasteiger partial charge < -0.3 is 10.6 Å². The van der Waals surface area contributed by atoms with E-state index in [1.165, 1.54) is 6.33 Å². The molecule has 1 heterocycles. The van der Waals surface area contributed by atoms with Crippen LogP contribution in [0.1, 0.15) is 29.3 Å². The number of rotatable bonds is 6. The summed E-state index contributed by atoms with van der Waals surface area (Å²) in [6.07, 6.45) is 4.03. The fraction of sp³-hybridized carbons (Fsp3) is 0.238. The van der Waals surface area contributed by atoms with E-state index in [4.69, 9.17) is 0 Å². The van der Waals surface area contributed by atoms with Crippen molar-refractivity contribution in [2.24, 2.45) is 11.8 Å². The number of nitrogens with one attached hydrogen (secondary N) is 2. The summed E-state index contributed by atoms with van der Waals surface area (Å²) in [5, 5.41) is 9.95. The number of nitrogens with zero attached hydrogens (tertiary/aromatic N) is 3. The Kier molecular flexibility index (Phi) is 4.89. The molecule has 2 N–H and O–H groups in total. The molecule has 2 aromatic carbocycles. The van der Waals surface area contributed by atoms with Crippen molar-refractivity contribution in [3.63, 3.8) is 0 Å². The van der Waals surface area contributed by atoms with Gasteiger partial charge in [-0.15, -0.1) is 0 Å². The lowest BCUT2D eigenvalue weighted by Crippen LogP contribution is -2.17. The van der Waals surface area contributed by atoms with Crippen LogP contribution in [0.2, 0.25) is 0 Å². The van der Waals surface area contributed by atoms with Crippen LogP contribution in [0.25, 0.3) is 0 Å². The second-order valence-electron chi connectivity index (χ2n) is 7.09. The maximum Gasteiger partial charge on any atom is 0.255 e. The van der Waals surface area contributed by atoms with Gasteiger partial charge in [0.05, 0.1) is 6.54 Å². The smallest absolute Gasteiger partial charge is 0.255 e. The molecule has 0 radical (unpaired) electrons. The number of benzene rings is 2. The van der Waals surface area contributed by atoms with Crippen LogP contribution in [0.5, 0.6) is 0 Å². The van der Waals surface area contributed by atoms with Crippen LogP contribution in [-0.4, -0.2) is 26.6 Å². The zero-order chi connectivity index (χ0) is 19.5. The van der Waals surface area contributed by atoms with Crippen LogP contribution in [-0.2, 0) is 11.3 Å². The molecule has 7 heteroatoms. The number of aromatic nitrogens is 3. The lowest BCUT2D eigenvalue weighted by atomic mass is 10.1. The van der Waals surface area contributed by atoms with E-state index in [1.54, 1.807) is 35.3 Å². The van der Waals surface area contributed by atoms with Crippen LogP contribution in [0.3, 0.4) is 0 Å². The van der Waals surface area contributed by atoms with Gasteiger partial charge in [0.2, 0.25) is 5.91 Å². The molecule has 1 aliphatic carbocycles. The summed E-state index contributed by atoms with van der Waals surface area (Å²) in [7, 11) is 0. The summed E-state index contributed by atoms with van der Waals surface area (Å²) in [6.45, 7) is 2.57. The summed E-state index contributed by atoms with van der Waals surface area (Å²) in [5.41, 5.74) is 2.75. The Morgan fingerprint density at radius 2 is 1.96 bits per heavy atom. The van der Waals surface area contributed by atoms with E-state index < -0.39 is 0 Å². The zero-order valence-corrected chi connectivity index (χ0v) is 15.5. The minimum Gasteiger partial charge on any atom is -0.326 e. The maximum atomic E-state index is 12.7. The molecule has 1 saturated carbocycles. The van der Waals surface area contributed by atoms with Gasteiger partial charge in [-0.3, -0.25) is 9.59 Å². The molecule has 0 bridgehead atoms. The Bertz CT molecular complexity index is 1000. The van der Waals surface area contributed by atoms with E-state index in [1.807, 2.05) is 24.3 Å². The predicted octanol–water partition coefficient (Wildman–Crippen LogP) is 3.17. The molecule has 0 aliphatic heterocycles. The zero-order valence-electron chi connectivity index (χ0n) is 15.5. The van der Waals surface area contributed by atoms with Crippen molar-refractivity contribution in [1.82, 2.24) is 14.8 Å². The quantitative estimate of drug-likeness (QED) is 0.693. The normalized spacial score (nSPS) is 17.8. The number of amides is 2. The summed E-state index contributed by atoms with van der Waals surface area (Å²) >= 11 is 0. The van der Waals surface area contributed by atoms with Crippen molar-refractivity contribution in [2.75, 3.05) is 10.6 Å². The Morgan fingerprint density at radius 3 is 2.71 bits per heavy atom. The van der Waals surface area contributed by atoms with E-state index in [9.17, 15) is 9.59 Å². The number of hydrogen-bond donors (Lipinski definition) is 2.